The second kappa shape index (κ2) is 4.32. The molecule has 114 valence electrons. The van der Waals surface area contributed by atoms with Gasteiger partial charge in [0, 0.05) is 29.5 Å². The number of nitrogens with zero attached hydrogens (tertiary/aromatic N) is 1. The second-order valence-corrected chi connectivity index (χ2v) is 5.93. The van der Waals surface area contributed by atoms with Crippen molar-refractivity contribution in [3.8, 4) is 17.4 Å². The molecular formula is C16H13F2NO3. The number of hydrogen-bond donors (Lipinski definition) is 2. The predicted octanol–water partition coefficient (Wildman–Crippen LogP) is 3.10. The summed E-state index contributed by atoms with van der Waals surface area (Å²) in [7, 11) is 0. The summed E-state index contributed by atoms with van der Waals surface area (Å²) in [5.74, 6) is -2.69. The van der Waals surface area contributed by atoms with Gasteiger partial charge < -0.3 is 10.2 Å². The molecule has 5 rings (SSSR count). The molecule has 22 heavy (non-hydrogen) atoms. The van der Waals surface area contributed by atoms with E-state index in [0.29, 0.717) is 30.0 Å². The van der Waals surface area contributed by atoms with Gasteiger partial charge in [0.05, 0.1) is 5.69 Å². The van der Waals surface area contributed by atoms with Crippen molar-refractivity contribution in [1.29, 1.82) is 0 Å². The Kier molecular flexibility index (Phi) is 2.61. The highest BCUT2D eigenvalue weighted by atomic mass is 19.1. The fourth-order valence-electron chi connectivity index (χ4n) is 3.81. The zero-order valence-corrected chi connectivity index (χ0v) is 11.5. The standard InChI is InChI=1S/C16H13F2NO3/c17-8-4-9(18)6-10(5-8)19-15(21)13-7-1-2-11(12(20)3-7)14(13)16(19)22/h4-7,11,21-22H,1-3H2/t7-,11+/m0/s1. The topological polar surface area (TPSA) is 62.5 Å². The molecule has 0 amide bonds. The number of Topliss-reactive ketones (excluding diaryl/α,β-unsaturated/α-hetero) is 1. The van der Waals surface area contributed by atoms with Gasteiger partial charge in [0.2, 0.25) is 11.8 Å². The van der Waals surface area contributed by atoms with E-state index in [1.807, 2.05) is 0 Å². The van der Waals surface area contributed by atoms with E-state index in [-0.39, 0.29) is 29.1 Å². The Morgan fingerprint density at radius 2 is 1.64 bits per heavy atom. The third-order valence-electron chi connectivity index (χ3n) is 4.70. The molecule has 0 spiro atoms. The summed E-state index contributed by atoms with van der Waals surface area (Å²) in [6.07, 6.45) is 1.73. The van der Waals surface area contributed by atoms with Gasteiger partial charge >= 0.3 is 0 Å². The summed E-state index contributed by atoms with van der Waals surface area (Å²) >= 11 is 0. The maximum Gasteiger partial charge on any atom is 0.202 e. The molecule has 3 aliphatic carbocycles. The number of fused-ring (bicyclic) bond motifs is 2. The molecule has 6 heteroatoms. The summed E-state index contributed by atoms with van der Waals surface area (Å²) in [4.78, 5) is 12.0. The van der Waals surface area contributed by atoms with Gasteiger partial charge in [0.15, 0.2) is 0 Å². The van der Waals surface area contributed by atoms with E-state index < -0.39 is 17.6 Å². The number of rotatable bonds is 1. The molecule has 0 unspecified atom stereocenters. The van der Waals surface area contributed by atoms with Gasteiger partial charge in [-0.1, -0.05) is 0 Å². The molecule has 0 aliphatic heterocycles. The van der Waals surface area contributed by atoms with Crippen LogP contribution in [0.1, 0.15) is 42.2 Å². The zero-order chi connectivity index (χ0) is 15.6. The maximum atomic E-state index is 13.4. The number of halogens is 2. The molecule has 3 aliphatic rings. The molecule has 1 fully saturated rings. The first kappa shape index (κ1) is 13.3. The third-order valence-corrected chi connectivity index (χ3v) is 4.70. The van der Waals surface area contributed by atoms with Crippen LogP contribution in [0.4, 0.5) is 8.78 Å². The number of hydrogen-bond acceptors (Lipinski definition) is 3. The van der Waals surface area contributed by atoms with E-state index in [2.05, 4.69) is 0 Å². The van der Waals surface area contributed by atoms with E-state index in [4.69, 9.17) is 0 Å². The molecular weight excluding hydrogens is 292 g/mol. The Morgan fingerprint density at radius 3 is 2.27 bits per heavy atom. The first-order chi connectivity index (χ1) is 10.5. The van der Waals surface area contributed by atoms with Crippen LogP contribution < -0.4 is 0 Å². The molecule has 1 heterocycles. The van der Waals surface area contributed by atoms with Crippen LogP contribution in [-0.2, 0) is 4.79 Å². The fraction of sp³-hybridized carbons (Fsp3) is 0.312. The summed E-state index contributed by atoms with van der Waals surface area (Å²) < 4.78 is 27.8. The minimum Gasteiger partial charge on any atom is -0.494 e. The van der Waals surface area contributed by atoms with Crippen molar-refractivity contribution in [2.45, 2.75) is 31.1 Å². The van der Waals surface area contributed by atoms with Crippen molar-refractivity contribution in [2.75, 3.05) is 0 Å². The first-order valence-corrected chi connectivity index (χ1v) is 7.13. The van der Waals surface area contributed by atoms with E-state index >= 15 is 0 Å². The molecule has 4 nitrogen and oxygen atoms in total. The van der Waals surface area contributed by atoms with Gasteiger partial charge in [0.1, 0.15) is 17.4 Å². The van der Waals surface area contributed by atoms with Crippen molar-refractivity contribution in [1.82, 2.24) is 4.57 Å². The summed E-state index contributed by atoms with van der Waals surface area (Å²) in [6.45, 7) is 0. The lowest BCUT2D eigenvalue weighted by Gasteiger charge is -2.34. The number of aromatic hydroxyl groups is 2. The lowest BCUT2D eigenvalue weighted by molar-refractivity contribution is -0.123. The van der Waals surface area contributed by atoms with Gasteiger partial charge in [0.25, 0.3) is 0 Å². The van der Waals surface area contributed by atoms with Crippen molar-refractivity contribution in [3.63, 3.8) is 0 Å². The zero-order valence-electron chi connectivity index (χ0n) is 11.5. The predicted molar refractivity (Wildman–Crippen MR) is 73.4 cm³/mol. The first-order valence-electron chi connectivity index (χ1n) is 7.13. The van der Waals surface area contributed by atoms with Crippen LogP contribution in [0.25, 0.3) is 5.69 Å². The normalized spacial score (nSPS) is 22.9. The van der Waals surface area contributed by atoms with E-state index in [0.717, 1.165) is 23.1 Å². The van der Waals surface area contributed by atoms with E-state index in [1.165, 1.54) is 0 Å². The molecule has 2 N–H and O–H groups in total. The lowest BCUT2D eigenvalue weighted by atomic mass is 9.67. The van der Waals surface area contributed by atoms with Crippen molar-refractivity contribution in [2.24, 2.45) is 0 Å². The maximum absolute atomic E-state index is 13.4. The number of carbonyl (C=O) groups is 1. The van der Waals surface area contributed by atoms with Crippen LogP contribution in [0, 0.1) is 11.6 Å². The number of carbonyl (C=O) groups excluding carboxylic acids is 1. The Balaban J connectivity index is 1.98. The van der Waals surface area contributed by atoms with Crippen molar-refractivity contribution in [3.05, 3.63) is 41.0 Å². The van der Waals surface area contributed by atoms with Crippen LogP contribution in [0.5, 0.6) is 11.8 Å². The molecule has 1 aromatic heterocycles. The van der Waals surface area contributed by atoms with Crippen LogP contribution in [-0.4, -0.2) is 20.6 Å². The Hall–Kier alpha value is -2.37. The molecule has 0 saturated heterocycles. The summed E-state index contributed by atoms with van der Waals surface area (Å²) in [5.41, 5.74) is 0.946. The molecule has 0 radical (unpaired) electrons. The van der Waals surface area contributed by atoms with Gasteiger partial charge in [-0.05, 0) is 30.9 Å². The van der Waals surface area contributed by atoms with E-state index in [9.17, 15) is 23.8 Å². The Morgan fingerprint density at radius 1 is 1.00 bits per heavy atom. The van der Waals surface area contributed by atoms with Gasteiger partial charge in [-0.2, -0.15) is 0 Å². The Labute approximate surface area is 124 Å². The monoisotopic (exact) mass is 305 g/mol. The minimum atomic E-state index is -0.806. The minimum absolute atomic E-state index is 0.00579. The third kappa shape index (κ3) is 1.63. The summed E-state index contributed by atoms with van der Waals surface area (Å²) in [6, 6.07) is 2.77. The highest BCUT2D eigenvalue weighted by molar-refractivity contribution is 5.91. The van der Waals surface area contributed by atoms with Crippen LogP contribution in [0.15, 0.2) is 18.2 Å². The quantitative estimate of drug-likeness (QED) is 0.851. The van der Waals surface area contributed by atoms with Gasteiger partial charge in [-0.25, -0.2) is 8.78 Å². The van der Waals surface area contributed by atoms with Crippen molar-refractivity contribution < 1.29 is 23.8 Å². The van der Waals surface area contributed by atoms with Gasteiger partial charge in [-0.15, -0.1) is 0 Å². The number of ketones is 1. The largest absolute Gasteiger partial charge is 0.494 e. The molecule has 2 atom stereocenters. The van der Waals surface area contributed by atoms with E-state index in [1.54, 1.807) is 0 Å². The highest BCUT2D eigenvalue weighted by Crippen LogP contribution is 2.55. The van der Waals surface area contributed by atoms with Crippen LogP contribution >= 0.6 is 0 Å². The number of aromatic nitrogens is 1. The molecule has 2 aromatic rings. The summed E-state index contributed by atoms with van der Waals surface area (Å²) in [5, 5.41) is 20.9. The SMILES string of the molecule is O=C1C[C@@H]2CC[C@H]1c1c2c(O)n(-c2cc(F)cc(F)c2)c1O. The van der Waals surface area contributed by atoms with Crippen LogP contribution in [0.3, 0.4) is 0 Å². The smallest absolute Gasteiger partial charge is 0.202 e. The molecule has 1 aromatic carbocycles. The van der Waals surface area contributed by atoms with Gasteiger partial charge in [-0.3, -0.25) is 9.36 Å². The average molecular weight is 305 g/mol. The fourth-order valence-corrected chi connectivity index (χ4v) is 3.81. The Bertz CT molecular complexity index is 792. The number of benzene rings is 1. The lowest BCUT2D eigenvalue weighted by Crippen LogP contribution is -2.28. The molecule has 1 saturated carbocycles. The molecule has 2 bridgehead atoms. The average Bonchev–Trinajstić information content (AvgIpc) is 2.72. The second-order valence-electron chi connectivity index (χ2n) is 5.93. The van der Waals surface area contributed by atoms with Crippen LogP contribution in [0.2, 0.25) is 0 Å². The highest BCUT2D eigenvalue weighted by Gasteiger charge is 2.45. The van der Waals surface area contributed by atoms with Crippen molar-refractivity contribution >= 4 is 5.78 Å².